The van der Waals surface area contributed by atoms with E-state index in [9.17, 15) is 23.2 Å². The Morgan fingerprint density at radius 3 is 2.56 bits per heavy atom. The average Bonchev–Trinajstić information content (AvgIpc) is 3.03. The molecule has 0 aromatic heterocycles. The highest BCUT2D eigenvalue weighted by atomic mass is 19.1. The first-order chi connectivity index (χ1) is 15.4. The smallest absolute Gasteiger partial charge is 0.329 e. The molecule has 8 nitrogen and oxygen atoms in total. The van der Waals surface area contributed by atoms with E-state index in [1.165, 1.54) is 36.4 Å². The highest BCUT2D eigenvalue weighted by Crippen LogP contribution is 2.23. The van der Waals surface area contributed by atoms with Crippen LogP contribution in [0, 0.1) is 11.6 Å². The van der Waals surface area contributed by atoms with E-state index in [4.69, 9.17) is 4.74 Å². The minimum atomic E-state index is -0.796. The Bertz CT molecular complexity index is 1100. The van der Waals surface area contributed by atoms with Crippen molar-refractivity contribution >= 4 is 35.3 Å². The Hall–Kier alpha value is -3.79. The number of benzene rings is 2. The summed E-state index contributed by atoms with van der Waals surface area (Å²) < 4.78 is 33.5. The van der Waals surface area contributed by atoms with Crippen LogP contribution in [0.1, 0.15) is 5.56 Å². The van der Waals surface area contributed by atoms with Gasteiger partial charge in [0.1, 0.15) is 23.9 Å². The Labute approximate surface area is 182 Å². The molecule has 2 fully saturated rings. The number of carbonyl (C=O) groups is 3. The summed E-state index contributed by atoms with van der Waals surface area (Å²) in [6.45, 7) is 1.60. The highest BCUT2D eigenvalue weighted by molar-refractivity contribution is 6.15. The first kappa shape index (κ1) is 21.4. The molecule has 4 rings (SSSR count). The van der Waals surface area contributed by atoms with Gasteiger partial charge < -0.3 is 20.3 Å². The van der Waals surface area contributed by atoms with Gasteiger partial charge in [-0.1, -0.05) is 18.2 Å². The first-order valence-electron chi connectivity index (χ1n) is 9.93. The number of hydrogen-bond acceptors (Lipinski definition) is 5. The third-order valence-electron chi connectivity index (χ3n) is 5.05. The van der Waals surface area contributed by atoms with E-state index >= 15 is 0 Å². The van der Waals surface area contributed by atoms with E-state index in [2.05, 4.69) is 10.6 Å². The Balaban J connectivity index is 1.44. The number of rotatable bonds is 5. The average molecular weight is 442 g/mol. The van der Waals surface area contributed by atoms with Crippen LogP contribution in [0.4, 0.5) is 25.0 Å². The third kappa shape index (κ3) is 4.59. The molecule has 2 aliphatic rings. The van der Waals surface area contributed by atoms with Gasteiger partial charge in [-0.25, -0.2) is 18.5 Å². The molecule has 2 N–H and O–H groups in total. The number of nitrogens with one attached hydrogen (secondary N) is 2. The lowest BCUT2D eigenvalue weighted by Crippen LogP contribution is -2.38. The topological polar surface area (TPSA) is 91.0 Å². The maximum atomic E-state index is 14.6. The molecule has 2 heterocycles. The monoisotopic (exact) mass is 442 g/mol. The van der Waals surface area contributed by atoms with Gasteiger partial charge in [0.15, 0.2) is 0 Å². The summed E-state index contributed by atoms with van der Waals surface area (Å²) in [5.41, 5.74) is 0.660. The fraction of sp³-hybridized carbons (Fsp3) is 0.227. The predicted octanol–water partition coefficient (Wildman–Crippen LogP) is 2.33. The van der Waals surface area contributed by atoms with Crippen LogP contribution in [0.5, 0.6) is 0 Å². The van der Waals surface area contributed by atoms with Gasteiger partial charge in [-0.3, -0.25) is 9.59 Å². The van der Waals surface area contributed by atoms with Crippen molar-refractivity contribution < 1.29 is 27.9 Å². The summed E-state index contributed by atoms with van der Waals surface area (Å²) in [4.78, 5) is 39.5. The molecule has 0 aliphatic carbocycles. The second-order valence-electron chi connectivity index (χ2n) is 7.22. The van der Waals surface area contributed by atoms with Crippen molar-refractivity contribution in [1.82, 2.24) is 10.2 Å². The van der Waals surface area contributed by atoms with Crippen molar-refractivity contribution in [3.05, 3.63) is 65.4 Å². The van der Waals surface area contributed by atoms with Crippen LogP contribution in [-0.4, -0.2) is 55.6 Å². The normalized spacial score (nSPS) is 17.6. The van der Waals surface area contributed by atoms with Crippen LogP contribution >= 0.6 is 0 Å². The fourth-order valence-corrected chi connectivity index (χ4v) is 3.45. The van der Waals surface area contributed by atoms with Crippen molar-refractivity contribution in [3.63, 3.8) is 0 Å². The number of urea groups is 1. The number of carbonyl (C=O) groups excluding carboxylic acids is 3. The summed E-state index contributed by atoms with van der Waals surface area (Å²) in [5, 5.41) is 4.69. The molecule has 32 heavy (non-hydrogen) atoms. The lowest BCUT2D eigenvalue weighted by molar-refractivity contribution is -0.127. The molecular formula is C22H20F2N4O4. The van der Waals surface area contributed by atoms with Gasteiger partial charge in [0.2, 0.25) is 5.91 Å². The van der Waals surface area contributed by atoms with Crippen LogP contribution in [0.3, 0.4) is 0 Å². The standard InChI is InChI=1S/C22H20F2N4O4/c23-15-3-1-2-4-17(15)25-20(29)13-28-21(30)18(26-22(28)31)12-14-5-6-19(16(24)11-14)27-7-9-32-10-8-27/h1-6,11-12H,7-10,13H2,(H,25,29)(H,26,31). The molecule has 0 bridgehead atoms. The van der Waals surface area contributed by atoms with E-state index < -0.39 is 36.0 Å². The number of imide groups is 1. The second-order valence-corrected chi connectivity index (χ2v) is 7.22. The van der Waals surface area contributed by atoms with Crippen molar-refractivity contribution in [3.8, 4) is 0 Å². The number of nitrogens with zero attached hydrogens (tertiary/aromatic N) is 2. The SMILES string of the molecule is O=C(CN1C(=O)NC(=Cc2ccc(N3CCOCC3)c(F)c2)C1=O)Nc1ccccc1F. The summed E-state index contributed by atoms with van der Waals surface area (Å²) in [6, 6.07) is 9.25. The summed E-state index contributed by atoms with van der Waals surface area (Å²) in [7, 11) is 0. The molecule has 4 amide bonds. The number of amides is 4. The van der Waals surface area contributed by atoms with Crippen LogP contribution in [0.25, 0.3) is 6.08 Å². The Kier molecular flexibility index (Phi) is 6.13. The maximum absolute atomic E-state index is 14.6. The zero-order chi connectivity index (χ0) is 22.7. The summed E-state index contributed by atoms with van der Waals surface area (Å²) >= 11 is 0. The van der Waals surface area contributed by atoms with Crippen LogP contribution in [0.15, 0.2) is 48.2 Å². The van der Waals surface area contributed by atoms with Gasteiger partial charge in [0.05, 0.1) is 24.6 Å². The number of anilines is 2. The largest absolute Gasteiger partial charge is 0.378 e. The molecule has 0 saturated carbocycles. The second kappa shape index (κ2) is 9.15. The minimum absolute atomic E-state index is 0.0591. The fourth-order valence-electron chi connectivity index (χ4n) is 3.45. The summed E-state index contributed by atoms with van der Waals surface area (Å²) in [5.74, 6) is -2.57. The Morgan fingerprint density at radius 2 is 1.84 bits per heavy atom. The van der Waals surface area contributed by atoms with Crippen LogP contribution in [0.2, 0.25) is 0 Å². The number of hydrogen-bond donors (Lipinski definition) is 2. The molecule has 2 aromatic rings. The molecule has 2 aliphatic heterocycles. The first-order valence-corrected chi connectivity index (χ1v) is 9.93. The molecule has 0 spiro atoms. The number of para-hydroxylation sites is 1. The highest BCUT2D eigenvalue weighted by Gasteiger charge is 2.35. The predicted molar refractivity (Wildman–Crippen MR) is 113 cm³/mol. The zero-order valence-corrected chi connectivity index (χ0v) is 16.9. The van der Waals surface area contributed by atoms with Crippen LogP contribution < -0.4 is 15.5 Å². The van der Waals surface area contributed by atoms with E-state index in [-0.39, 0.29) is 11.4 Å². The van der Waals surface area contributed by atoms with Gasteiger partial charge in [0.25, 0.3) is 5.91 Å². The van der Waals surface area contributed by atoms with Gasteiger partial charge in [-0.15, -0.1) is 0 Å². The Morgan fingerprint density at radius 1 is 1.09 bits per heavy atom. The van der Waals surface area contributed by atoms with E-state index in [0.29, 0.717) is 42.5 Å². The van der Waals surface area contributed by atoms with Gasteiger partial charge in [-0.05, 0) is 35.9 Å². The number of morpholine rings is 1. The van der Waals surface area contributed by atoms with E-state index in [1.54, 1.807) is 12.1 Å². The molecular weight excluding hydrogens is 422 g/mol. The quantitative estimate of drug-likeness (QED) is 0.548. The van der Waals surface area contributed by atoms with E-state index in [0.717, 1.165) is 0 Å². The molecule has 0 atom stereocenters. The molecule has 0 radical (unpaired) electrons. The van der Waals surface area contributed by atoms with Crippen molar-refractivity contribution in [2.45, 2.75) is 0 Å². The number of ether oxygens (including phenoxy) is 1. The molecule has 0 unspecified atom stereocenters. The van der Waals surface area contributed by atoms with Gasteiger partial charge >= 0.3 is 6.03 Å². The maximum Gasteiger partial charge on any atom is 0.329 e. The van der Waals surface area contributed by atoms with Gasteiger partial charge in [-0.2, -0.15) is 0 Å². The summed E-state index contributed by atoms with van der Waals surface area (Å²) in [6.07, 6.45) is 1.33. The van der Waals surface area contributed by atoms with Crippen molar-refractivity contribution in [2.75, 3.05) is 43.1 Å². The molecule has 10 heteroatoms. The zero-order valence-electron chi connectivity index (χ0n) is 16.9. The molecule has 2 aromatic carbocycles. The van der Waals surface area contributed by atoms with E-state index in [1.807, 2.05) is 4.90 Å². The lowest BCUT2D eigenvalue weighted by atomic mass is 10.1. The molecule has 2 saturated heterocycles. The lowest BCUT2D eigenvalue weighted by Gasteiger charge is -2.29. The third-order valence-corrected chi connectivity index (χ3v) is 5.05. The van der Waals surface area contributed by atoms with Gasteiger partial charge in [0, 0.05) is 13.1 Å². The van der Waals surface area contributed by atoms with Crippen LogP contribution in [-0.2, 0) is 14.3 Å². The van der Waals surface area contributed by atoms with Crippen molar-refractivity contribution in [1.29, 1.82) is 0 Å². The van der Waals surface area contributed by atoms with Crippen molar-refractivity contribution in [2.24, 2.45) is 0 Å². The molecule has 166 valence electrons. The number of halogens is 2. The minimum Gasteiger partial charge on any atom is -0.378 e.